The van der Waals surface area contributed by atoms with E-state index in [2.05, 4.69) is 33.3 Å². The molecule has 3 saturated heterocycles. The zero-order valence-corrected chi connectivity index (χ0v) is 18.0. The van der Waals surface area contributed by atoms with Crippen molar-refractivity contribution in [3.63, 3.8) is 0 Å². The van der Waals surface area contributed by atoms with E-state index in [-0.39, 0.29) is 29.4 Å². The molecule has 6 nitrogen and oxygen atoms in total. The van der Waals surface area contributed by atoms with Gasteiger partial charge in [-0.1, -0.05) is 18.6 Å². The molecule has 31 heavy (non-hydrogen) atoms. The van der Waals surface area contributed by atoms with E-state index in [0.717, 1.165) is 37.3 Å². The molecule has 6 aliphatic rings. The average Bonchev–Trinajstić information content (AvgIpc) is 3.21. The summed E-state index contributed by atoms with van der Waals surface area (Å²) in [6, 6.07) is 6.89. The molecule has 1 aliphatic carbocycles. The van der Waals surface area contributed by atoms with Gasteiger partial charge in [0.25, 0.3) is 0 Å². The number of amides is 2. The monoisotopic (exact) mass is 419 g/mol. The SMILES string of the molecule is CCCC(=O)Nc1ccc2c(c1)[C@@]13CCN4CC5=CCO[C@H]6CC(=O)N2[C@H]1[C@H]6[C@H]5C[C@H]43. The summed E-state index contributed by atoms with van der Waals surface area (Å²) in [7, 11) is 0. The summed E-state index contributed by atoms with van der Waals surface area (Å²) in [4.78, 5) is 30.5. The van der Waals surface area contributed by atoms with Crippen molar-refractivity contribution in [1.29, 1.82) is 0 Å². The number of piperidine rings is 2. The third kappa shape index (κ3) is 2.20. The van der Waals surface area contributed by atoms with E-state index in [9.17, 15) is 9.59 Å². The van der Waals surface area contributed by atoms with Crippen molar-refractivity contribution < 1.29 is 14.3 Å². The Labute approximate surface area is 182 Å². The average molecular weight is 420 g/mol. The van der Waals surface area contributed by atoms with E-state index < -0.39 is 0 Å². The molecule has 0 unspecified atom stereocenters. The van der Waals surface area contributed by atoms with Crippen molar-refractivity contribution in [3.05, 3.63) is 35.4 Å². The molecule has 0 aromatic heterocycles. The van der Waals surface area contributed by atoms with Gasteiger partial charge < -0.3 is 15.0 Å². The van der Waals surface area contributed by atoms with Gasteiger partial charge in [-0.2, -0.15) is 0 Å². The fraction of sp³-hybridized carbons (Fsp3) is 0.600. The molecule has 1 aromatic rings. The fourth-order valence-electron chi connectivity index (χ4n) is 8.08. The van der Waals surface area contributed by atoms with E-state index in [4.69, 9.17) is 4.74 Å². The van der Waals surface area contributed by atoms with E-state index >= 15 is 0 Å². The minimum absolute atomic E-state index is 0.0236. The van der Waals surface area contributed by atoms with Crippen LogP contribution in [0.2, 0.25) is 0 Å². The Hall–Kier alpha value is -2.18. The molecule has 1 saturated carbocycles. The molecule has 6 heteroatoms. The first kappa shape index (κ1) is 18.4. The first-order valence-corrected chi connectivity index (χ1v) is 11.9. The van der Waals surface area contributed by atoms with Gasteiger partial charge in [0.1, 0.15) is 0 Å². The lowest BCUT2D eigenvalue weighted by Crippen LogP contribution is -2.69. The molecule has 5 aliphatic heterocycles. The highest BCUT2D eigenvalue weighted by Gasteiger charge is 2.71. The summed E-state index contributed by atoms with van der Waals surface area (Å²) < 4.78 is 6.30. The van der Waals surface area contributed by atoms with E-state index in [0.29, 0.717) is 37.3 Å². The van der Waals surface area contributed by atoms with Crippen LogP contribution in [0.5, 0.6) is 0 Å². The predicted molar refractivity (Wildman–Crippen MR) is 117 cm³/mol. The highest BCUT2D eigenvalue weighted by Crippen LogP contribution is 2.65. The number of anilines is 2. The van der Waals surface area contributed by atoms with Crippen molar-refractivity contribution in [2.24, 2.45) is 11.8 Å². The van der Waals surface area contributed by atoms with Crippen LogP contribution in [0, 0.1) is 11.8 Å². The lowest BCUT2D eigenvalue weighted by atomic mass is 9.53. The zero-order chi connectivity index (χ0) is 20.9. The molecule has 6 atom stereocenters. The number of rotatable bonds is 3. The Morgan fingerprint density at radius 3 is 3.13 bits per heavy atom. The van der Waals surface area contributed by atoms with Gasteiger partial charge in [-0.25, -0.2) is 0 Å². The summed E-state index contributed by atoms with van der Waals surface area (Å²) in [5, 5.41) is 3.10. The Morgan fingerprint density at radius 2 is 2.26 bits per heavy atom. The normalized spacial score (nSPS) is 39.1. The van der Waals surface area contributed by atoms with Gasteiger partial charge in [0, 0.05) is 41.7 Å². The Morgan fingerprint density at radius 1 is 1.35 bits per heavy atom. The van der Waals surface area contributed by atoms with E-state index in [1.165, 1.54) is 17.6 Å². The molecule has 5 heterocycles. The van der Waals surface area contributed by atoms with Crippen LogP contribution in [0.3, 0.4) is 0 Å². The number of nitrogens with zero attached hydrogens (tertiary/aromatic N) is 2. The second-order valence-electron chi connectivity index (χ2n) is 10.3. The maximum absolute atomic E-state index is 13.5. The lowest BCUT2D eigenvalue weighted by Gasteiger charge is -2.58. The molecule has 2 bridgehead atoms. The van der Waals surface area contributed by atoms with Crippen molar-refractivity contribution >= 4 is 23.2 Å². The number of ether oxygens (including phenoxy) is 1. The summed E-state index contributed by atoms with van der Waals surface area (Å²) in [5.41, 5.74) is 4.71. The van der Waals surface area contributed by atoms with Gasteiger partial charge in [-0.3, -0.25) is 14.5 Å². The van der Waals surface area contributed by atoms with Crippen molar-refractivity contribution in [2.75, 3.05) is 29.9 Å². The zero-order valence-electron chi connectivity index (χ0n) is 18.0. The number of carbonyl (C=O) groups excluding carboxylic acids is 2. The number of hydrogen-bond donors (Lipinski definition) is 1. The highest BCUT2D eigenvalue weighted by atomic mass is 16.5. The highest BCUT2D eigenvalue weighted by molar-refractivity contribution is 6.00. The second-order valence-corrected chi connectivity index (χ2v) is 10.3. The molecule has 1 N–H and O–H groups in total. The van der Waals surface area contributed by atoms with Crippen LogP contribution in [0.1, 0.15) is 44.6 Å². The second kappa shape index (κ2) is 6.20. The summed E-state index contributed by atoms with van der Waals surface area (Å²) in [5.74, 6) is 1.16. The summed E-state index contributed by atoms with van der Waals surface area (Å²) in [6.45, 7) is 4.79. The third-order valence-electron chi connectivity index (χ3n) is 9.07. The van der Waals surface area contributed by atoms with Gasteiger partial charge >= 0.3 is 0 Å². The van der Waals surface area contributed by atoms with E-state index in [1.807, 2.05) is 13.0 Å². The molecule has 0 radical (unpaired) electrons. The Balaban J connectivity index is 1.41. The quantitative estimate of drug-likeness (QED) is 0.766. The number of fused-ring (bicyclic) bond motifs is 2. The maximum atomic E-state index is 13.5. The standard InChI is InChI=1S/C25H29N3O3/c1-2-3-21(29)26-15-4-5-18-17(10-15)25-7-8-27-13-14-6-9-31-19-12-22(30)28(18)24(25)23(19)16(14)11-20(25)27/h4-6,10,16,19-20,23-24H,2-3,7-9,11-13H2,1H3,(H,26,29)/t16-,19-,20-,23-,24-,25+/m0/s1. The number of hydrogen-bond acceptors (Lipinski definition) is 4. The number of nitrogens with one attached hydrogen (secondary N) is 1. The molecular weight excluding hydrogens is 390 g/mol. The molecule has 4 fully saturated rings. The van der Waals surface area contributed by atoms with Crippen LogP contribution in [0.15, 0.2) is 29.8 Å². The number of carbonyl (C=O) groups is 2. The van der Waals surface area contributed by atoms with Gasteiger partial charge in [-0.05, 0) is 55.5 Å². The molecule has 1 aromatic carbocycles. The lowest BCUT2D eigenvalue weighted by molar-refractivity contribution is -0.132. The molecule has 162 valence electrons. The summed E-state index contributed by atoms with van der Waals surface area (Å²) >= 11 is 0. The smallest absolute Gasteiger partial charge is 0.229 e. The van der Waals surface area contributed by atoms with Crippen LogP contribution >= 0.6 is 0 Å². The molecule has 2 amide bonds. The molecule has 7 rings (SSSR count). The topological polar surface area (TPSA) is 61.9 Å². The minimum Gasteiger partial charge on any atom is -0.373 e. The van der Waals surface area contributed by atoms with E-state index in [1.54, 1.807) is 0 Å². The van der Waals surface area contributed by atoms with Crippen molar-refractivity contribution in [2.45, 2.75) is 62.6 Å². The van der Waals surface area contributed by atoms with Crippen LogP contribution in [0.4, 0.5) is 11.4 Å². The van der Waals surface area contributed by atoms with Crippen LogP contribution in [-0.2, 0) is 19.7 Å². The number of benzene rings is 1. The predicted octanol–water partition coefficient (Wildman–Crippen LogP) is 2.83. The maximum Gasteiger partial charge on any atom is 0.229 e. The van der Waals surface area contributed by atoms with Gasteiger partial charge in [0.2, 0.25) is 11.8 Å². The first-order chi connectivity index (χ1) is 15.1. The summed E-state index contributed by atoms with van der Waals surface area (Å²) in [6.07, 6.45) is 6.43. The Bertz CT molecular complexity index is 1030. The van der Waals surface area contributed by atoms with Crippen LogP contribution in [0.25, 0.3) is 0 Å². The third-order valence-corrected chi connectivity index (χ3v) is 9.07. The van der Waals surface area contributed by atoms with Crippen molar-refractivity contribution in [3.8, 4) is 0 Å². The fourth-order valence-corrected chi connectivity index (χ4v) is 8.08. The minimum atomic E-state index is -0.0461. The van der Waals surface area contributed by atoms with Gasteiger partial charge in [-0.15, -0.1) is 0 Å². The molecular formula is C25H29N3O3. The van der Waals surface area contributed by atoms with Crippen LogP contribution < -0.4 is 10.2 Å². The molecule has 1 spiro atoms. The van der Waals surface area contributed by atoms with Gasteiger partial charge in [0.05, 0.1) is 25.2 Å². The van der Waals surface area contributed by atoms with Crippen LogP contribution in [-0.4, -0.2) is 54.6 Å². The Kier molecular flexibility index (Phi) is 3.68. The van der Waals surface area contributed by atoms with Crippen molar-refractivity contribution in [1.82, 2.24) is 4.90 Å². The van der Waals surface area contributed by atoms with Gasteiger partial charge in [0.15, 0.2) is 0 Å². The first-order valence-electron chi connectivity index (χ1n) is 11.9. The largest absolute Gasteiger partial charge is 0.373 e.